The molecule has 1 saturated heterocycles. The Morgan fingerprint density at radius 1 is 1.00 bits per heavy atom. The van der Waals surface area contributed by atoms with Gasteiger partial charge in [0, 0.05) is 32.7 Å². The summed E-state index contributed by atoms with van der Waals surface area (Å²) in [5.74, 6) is 0.0429. The van der Waals surface area contributed by atoms with E-state index in [-0.39, 0.29) is 12.3 Å². The minimum Gasteiger partial charge on any atom is -0.352 e. The van der Waals surface area contributed by atoms with Crippen LogP contribution in [0, 0.1) is 6.92 Å². The van der Waals surface area contributed by atoms with Crippen molar-refractivity contribution in [1.82, 2.24) is 15.1 Å². The molecule has 2 aromatic carbocycles. The Hall–Kier alpha value is -2.86. The molecular weight excluding hydrogens is 352 g/mol. The number of amides is 3. The summed E-state index contributed by atoms with van der Waals surface area (Å²) < 4.78 is 0. The highest BCUT2D eigenvalue weighted by atomic mass is 16.2. The van der Waals surface area contributed by atoms with E-state index in [1.807, 2.05) is 54.3 Å². The third kappa shape index (κ3) is 5.33. The molecule has 0 aromatic heterocycles. The van der Waals surface area contributed by atoms with E-state index >= 15 is 0 Å². The lowest BCUT2D eigenvalue weighted by Gasteiger charge is -2.35. The molecule has 3 rings (SSSR count). The maximum atomic E-state index is 12.9. The standard InChI is InChI=1S/C22H28N4O2/c1-17-7-5-6-10-19(17)20(24-22(23)28)15-21(27)26-13-11-25(12-14-26)16-18-8-3-2-4-9-18/h2-10,20H,11-16H2,1H3,(H3,23,24,28). The van der Waals surface area contributed by atoms with Gasteiger partial charge in [0.25, 0.3) is 0 Å². The highest BCUT2D eigenvalue weighted by molar-refractivity contribution is 5.79. The van der Waals surface area contributed by atoms with Crippen LogP contribution < -0.4 is 11.1 Å². The van der Waals surface area contributed by atoms with Crippen molar-refractivity contribution >= 4 is 11.9 Å². The van der Waals surface area contributed by atoms with Crippen LogP contribution in [0.4, 0.5) is 4.79 Å². The van der Waals surface area contributed by atoms with Crippen molar-refractivity contribution in [3.05, 3.63) is 71.3 Å². The molecule has 0 aliphatic carbocycles. The van der Waals surface area contributed by atoms with E-state index < -0.39 is 12.1 Å². The molecule has 0 radical (unpaired) electrons. The fraction of sp³-hybridized carbons (Fsp3) is 0.364. The lowest BCUT2D eigenvalue weighted by molar-refractivity contribution is -0.133. The smallest absolute Gasteiger partial charge is 0.312 e. The molecule has 28 heavy (non-hydrogen) atoms. The van der Waals surface area contributed by atoms with E-state index in [0.717, 1.165) is 30.8 Å². The highest BCUT2D eigenvalue weighted by Gasteiger charge is 2.25. The van der Waals surface area contributed by atoms with Crippen molar-refractivity contribution in [1.29, 1.82) is 0 Å². The third-order valence-corrected chi connectivity index (χ3v) is 5.23. The number of aryl methyl sites for hydroxylation is 1. The van der Waals surface area contributed by atoms with Crippen molar-refractivity contribution < 1.29 is 9.59 Å². The number of rotatable bonds is 6. The molecule has 2 aromatic rings. The van der Waals surface area contributed by atoms with Crippen LogP contribution >= 0.6 is 0 Å². The fourth-order valence-electron chi connectivity index (χ4n) is 3.69. The predicted octanol–water partition coefficient (Wildman–Crippen LogP) is 2.44. The van der Waals surface area contributed by atoms with Gasteiger partial charge in [-0.25, -0.2) is 4.79 Å². The molecule has 6 heteroatoms. The molecule has 1 fully saturated rings. The zero-order chi connectivity index (χ0) is 19.9. The summed E-state index contributed by atoms with van der Waals surface area (Å²) in [5.41, 5.74) is 8.59. The van der Waals surface area contributed by atoms with E-state index in [1.54, 1.807) is 0 Å². The Morgan fingerprint density at radius 2 is 1.64 bits per heavy atom. The Balaban J connectivity index is 1.57. The van der Waals surface area contributed by atoms with Gasteiger partial charge in [0.2, 0.25) is 5.91 Å². The summed E-state index contributed by atoms with van der Waals surface area (Å²) in [6, 6.07) is 17.1. The van der Waals surface area contributed by atoms with Crippen LogP contribution in [0.2, 0.25) is 0 Å². The quantitative estimate of drug-likeness (QED) is 0.808. The van der Waals surface area contributed by atoms with Crippen molar-refractivity contribution in [2.45, 2.75) is 25.9 Å². The molecule has 3 amide bonds. The molecule has 6 nitrogen and oxygen atoms in total. The average molecular weight is 380 g/mol. The zero-order valence-electron chi connectivity index (χ0n) is 16.3. The van der Waals surface area contributed by atoms with Gasteiger partial charge in [-0.3, -0.25) is 9.69 Å². The van der Waals surface area contributed by atoms with Gasteiger partial charge in [0.05, 0.1) is 12.5 Å². The summed E-state index contributed by atoms with van der Waals surface area (Å²) >= 11 is 0. The van der Waals surface area contributed by atoms with Crippen molar-refractivity contribution in [3.8, 4) is 0 Å². The van der Waals surface area contributed by atoms with Gasteiger partial charge in [0.1, 0.15) is 0 Å². The minimum atomic E-state index is -0.617. The minimum absolute atomic E-state index is 0.0429. The molecule has 1 aliphatic rings. The average Bonchev–Trinajstić information content (AvgIpc) is 2.69. The first kappa shape index (κ1) is 19.9. The van der Waals surface area contributed by atoms with Gasteiger partial charge < -0.3 is 16.0 Å². The number of nitrogens with two attached hydrogens (primary N) is 1. The zero-order valence-corrected chi connectivity index (χ0v) is 16.3. The first-order valence-electron chi connectivity index (χ1n) is 9.68. The molecule has 3 N–H and O–H groups in total. The van der Waals surface area contributed by atoms with Crippen molar-refractivity contribution in [2.75, 3.05) is 26.2 Å². The first-order chi connectivity index (χ1) is 13.5. The number of urea groups is 1. The lowest BCUT2D eigenvalue weighted by atomic mass is 9.98. The number of primary amides is 1. The summed E-state index contributed by atoms with van der Waals surface area (Å²) in [4.78, 5) is 28.5. The summed E-state index contributed by atoms with van der Waals surface area (Å²) in [6.45, 7) is 5.96. The van der Waals surface area contributed by atoms with Crippen LogP contribution in [0.25, 0.3) is 0 Å². The first-order valence-corrected chi connectivity index (χ1v) is 9.68. The second-order valence-electron chi connectivity index (χ2n) is 7.26. The number of carbonyl (C=O) groups excluding carboxylic acids is 2. The van der Waals surface area contributed by atoms with E-state index in [9.17, 15) is 9.59 Å². The molecule has 0 bridgehead atoms. The normalized spacial score (nSPS) is 15.8. The van der Waals surface area contributed by atoms with E-state index in [1.165, 1.54) is 5.56 Å². The Bertz CT molecular complexity index is 801. The molecule has 1 aliphatic heterocycles. The van der Waals surface area contributed by atoms with Crippen molar-refractivity contribution in [2.24, 2.45) is 5.73 Å². The van der Waals surface area contributed by atoms with Gasteiger partial charge in [0.15, 0.2) is 0 Å². The molecule has 1 heterocycles. The number of hydrogen-bond acceptors (Lipinski definition) is 3. The number of carbonyl (C=O) groups is 2. The number of nitrogens with zero attached hydrogens (tertiary/aromatic N) is 2. The molecule has 0 spiro atoms. The molecular formula is C22H28N4O2. The third-order valence-electron chi connectivity index (χ3n) is 5.23. The van der Waals surface area contributed by atoms with Gasteiger partial charge >= 0.3 is 6.03 Å². The Kier molecular flexibility index (Phi) is 6.66. The van der Waals surface area contributed by atoms with Crippen LogP contribution in [-0.4, -0.2) is 47.9 Å². The number of benzene rings is 2. The largest absolute Gasteiger partial charge is 0.352 e. The van der Waals surface area contributed by atoms with Crippen LogP contribution in [0.1, 0.15) is 29.2 Å². The highest BCUT2D eigenvalue weighted by Crippen LogP contribution is 2.22. The van der Waals surface area contributed by atoms with Crippen LogP contribution in [0.5, 0.6) is 0 Å². The van der Waals surface area contributed by atoms with E-state index in [4.69, 9.17) is 5.73 Å². The monoisotopic (exact) mass is 380 g/mol. The number of piperazine rings is 1. The Morgan fingerprint density at radius 3 is 2.29 bits per heavy atom. The SMILES string of the molecule is Cc1ccccc1C(CC(=O)N1CCN(Cc2ccccc2)CC1)NC(N)=O. The maximum Gasteiger partial charge on any atom is 0.312 e. The van der Waals surface area contributed by atoms with Crippen molar-refractivity contribution in [3.63, 3.8) is 0 Å². The number of hydrogen-bond donors (Lipinski definition) is 2. The second kappa shape index (κ2) is 9.37. The van der Waals surface area contributed by atoms with Gasteiger partial charge in [-0.1, -0.05) is 54.6 Å². The summed E-state index contributed by atoms with van der Waals surface area (Å²) in [7, 11) is 0. The number of nitrogens with one attached hydrogen (secondary N) is 1. The maximum absolute atomic E-state index is 12.9. The molecule has 1 atom stereocenters. The Labute approximate surface area is 166 Å². The fourth-order valence-corrected chi connectivity index (χ4v) is 3.69. The topological polar surface area (TPSA) is 78.7 Å². The van der Waals surface area contributed by atoms with Crippen LogP contribution in [0.15, 0.2) is 54.6 Å². The predicted molar refractivity (Wildman–Crippen MR) is 110 cm³/mol. The van der Waals surface area contributed by atoms with E-state index in [2.05, 4.69) is 22.3 Å². The molecule has 148 valence electrons. The van der Waals surface area contributed by atoms with E-state index in [0.29, 0.717) is 13.1 Å². The van der Waals surface area contributed by atoms with Crippen LogP contribution in [-0.2, 0) is 11.3 Å². The summed E-state index contributed by atoms with van der Waals surface area (Å²) in [5, 5.41) is 2.73. The van der Waals surface area contributed by atoms with Crippen LogP contribution in [0.3, 0.4) is 0 Å². The van der Waals surface area contributed by atoms with Gasteiger partial charge in [-0.05, 0) is 23.6 Å². The molecule has 1 unspecified atom stereocenters. The molecule has 0 saturated carbocycles. The lowest BCUT2D eigenvalue weighted by Crippen LogP contribution is -2.49. The second-order valence-corrected chi connectivity index (χ2v) is 7.26. The summed E-state index contributed by atoms with van der Waals surface area (Å²) in [6.07, 6.45) is 0.215. The van der Waals surface area contributed by atoms with Gasteiger partial charge in [-0.15, -0.1) is 0 Å². The van der Waals surface area contributed by atoms with Gasteiger partial charge in [-0.2, -0.15) is 0 Å².